The molecule has 1 aromatic carbocycles. The number of guanidine groups is 1. The van der Waals surface area contributed by atoms with Crippen molar-refractivity contribution in [3.05, 3.63) is 90.3 Å². The highest BCUT2D eigenvalue weighted by Crippen LogP contribution is 2.33. The first-order valence-electron chi connectivity index (χ1n) is 12.6. The number of amides is 2. The number of carbonyl (C=O) groups is 2. The SMILES string of the molecule is C=C/C=C(/NC(=S)N(C(=O)[C@@H](N)CCCN=C(N)N)C(NC(=O)/C=C/c1ccccc1)C(Cl)(Cl)Cl)c1ncccc1C. The van der Waals surface area contributed by atoms with Crippen LogP contribution >= 0.6 is 47.0 Å². The molecule has 1 aromatic heterocycles. The van der Waals surface area contributed by atoms with Gasteiger partial charge in [0.15, 0.2) is 17.2 Å². The molecule has 0 radical (unpaired) electrons. The molecule has 2 amide bonds. The molecule has 0 aliphatic carbocycles. The van der Waals surface area contributed by atoms with E-state index in [0.29, 0.717) is 17.8 Å². The zero-order chi connectivity index (χ0) is 31.3. The Hall–Kier alpha value is -3.48. The van der Waals surface area contributed by atoms with E-state index in [-0.39, 0.29) is 24.0 Å². The van der Waals surface area contributed by atoms with E-state index >= 15 is 0 Å². The quantitative estimate of drug-likeness (QED) is 0.0340. The second-order valence-corrected chi connectivity index (χ2v) is 11.6. The number of nitrogens with one attached hydrogen (secondary N) is 2. The van der Waals surface area contributed by atoms with E-state index < -0.39 is 27.8 Å². The second kappa shape index (κ2) is 16.8. The lowest BCUT2D eigenvalue weighted by Crippen LogP contribution is -2.63. The summed E-state index contributed by atoms with van der Waals surface area (Å²) in [5.41, 5.74) is 19.5. The number of thiocarbonyl (C=S) groups is 1. The van der Waals surface area contributed by atoms with Crippen LogP contribution in [0.5, 0.6) is 0 Å². The molecule has 0 saturated heterocycles. The van der Waals surface area contributed by atoms with E-state index in [1.807, 2.05) is 31.2 Å². The van der Waals surface area contributed by atoms with Crippen LogP contribution in [-0.2, 0) is 9.59 Å². The minimum absolute atomic E-state index is 0.0872. The number of rotatable bonds is 12. The lowest BCUT2D eigenvalue weighted by Gasteiger charge is -2.37. The Morgan fingerprint density at radius 2 is 1.88 bits per heavy atom. The highest BCUT2D eigenvalue weighted by atomic mass is 35.6. The molecule has 0 fully saturated rings. The number of aliphatic imine (C=N–C) groups is 1. The molecule has 0 spiro atoms. The van der Waals surface area contributed by atoms with Crippen molar-refractivity contribution in [3.63, 3.8) is 0 Å². The zero-order valence-corrected chi connectivity index (χ0v) is 25.9. The molecule has 14 heteroatoms. The van der Waals surface area contributed by atoms with Crippen LogP contribution in [0.3, 0.4) is 0 Å². The Morgan fingerprint density at radius 1 is 1.19 bits per heavy atom. The Labute approximate surface area is 265 Å². The number of nitrogens with two attached hydrogens (primary N) is 3. The van der Waals surface area contributed by atoms with E-state index in [0.717, 1.165) is 16.0 Å². The number of pyridine rings is 1. The van der Waals surface area contributed by atoms with Gasteiger partial charge in [-0.15, -0.1) is 0 Å². The maximum atomic E-state index is 13.8. The smallest absolute Gasteiger partial charge is 0.247 e. The molecule has 2 aromatic rings. The normalized spacial score (nSPS) is 13.1. The van der Waals surface area contributed by atoms with E-state index in [1.54, 1.807) is 36.5 Å². The van der Waals surface area contributed by atoms with Gasteiger partial charge >= 0.3 is 0 Å². The third kappa shape index (κ3) is 11.1. The van der Waals surface area contributed by atoms with Gasteiger partial charge in [0, 0.05) is 18.8 Å². The first-order chi connectivity index (χ1) is 19.8. The highest BCUT2D eigenvalue weighted by Gasteiger charge is 2.44. The number of alkyl halides is 3. The van der Waals surface area contributed by atoms with Gasteiger partial charge in [0.05, 0.1) is 17.4 Å². The van der Waals surface area contributed by atoms with Crippen LogP contribution in [0, 0.1) is 6.92 Å². The molecule has 0 aliphatic rings. The molecule has 1 unspecified atom stereocenters. The molecular formula is C28H33Cl3N8O2S. The predicted octanol–water partition coefficient (Wildman–Crippen LogP) is 3.53. The first kappa shape index (κ1) is 34.7. The number of allylic oxidation sites excluding steroid dienone is 2. The van der Waals surface area contributed by atoms with E-state index in [1.165, 1.54) is 12.2 Å². The van der Waals surface area contributed by atoms with Crippen LogP contribution in [0.25, 0.3) is 11.8 Å². The number of aromatic nitrogens is 1. The summed E-state index contributed by atoms with van der Waals surface area (Å²) in [5.74, 6) is -1.47. The van der Waals surface area contributed by atoms with Crippen LogP contribution in [0.15, 0.2) is 78.5 Å². The summed E-state index contributed by atoms with van der Waals surface area (Å²) in [6.45, 7) is 5.83. The molecule has 0 bridgehead atoms. The third-order valence-corrected chi connectivity index (χ3v) is 6.52. The summed E-state index contributed by atoms with van der Waals surface area (Å²) in [4.78, 5) is 36.0. The highest BCUT2D eigenvalue weighted by molar-refractivity contribution is 7.80. The summed E-state index contributed by atoms with van der Waals surface area (Å²) in [5, 5.41) is 5.35. The molecule has 42 heavy (non-hydrogen) atoms. The Bertz CT molecular complexity index is 1340. The number of carbonyl (C=O) groups excluding carboxylic acids is 2. The van der Waals surface area contributed by atoms with E-state index in [9.17, 15) is 9.59 Å². The van der Waals surface area contributed by atoms with Gasteiger partial charge in [0.2, 0.25) is 15.6 Å². The number of hydrogen-bond acceptors (Lipinski definition) is 6. The monoisotopic (exact) mass is 650 g/mol. The Balaban J connectivity index is 2.46. The number of benzene rings is 1. The number of hydrogen-bond donors (Lipinski definition) is 5. The summed E-state index contributed by atoms with van der Waals surface area (Å²) >= 11 is 24.6. The van der Waals surface area contributed by atoms with Gasteiger partial charge in [0.1, 0.15) is 0 Å². The summed E-state index contributed by atoms with van der Waals surface area (Å²) in [6.07, 6.45) is 6.51. The minimum Gasteiger partial charge on any atom is -0.370 e. The Kier molecular flexibility index (Phi) is 13.9. The van der Waals surface area contributed by atoms with Gasteiger partial charge in [-0.2, -0.15) is 0 Å². The lowest BCUT2D eigenvalue weighted by molar-refractivity contribution is -0.131. The topological polar surface area (TPSA) is 165 Å². The summed E-state index contributed by atoms with van der Waals surface area (Å²) in [7, 11) is 0. The number of halogens is 3. The largest absolute Gasteiger partial charge is 0.370 e. The summed E-state index contributed by atoms with van der Waals surface area (Å²) < 4.78 is -2.24. The van der Waals surface area contributed by atoms with E-state index in [4.69, 9.17) is 64.2 Å². The molecule has 10 nitrogen and oxygen atoms in total. The van der Waals surface area contributed by atoms with Crippen molar-refractivity contribution >= 4 is 81.7 Å². The van der Waals surface area contributed by atoms with Crippen molar-refractivity contribution in [1.82, 2.24) is 20.5 Å². The fraction of sp³-hybridized carbons (Fsp3) is 0.250. The third-order valence-electron chi connectivity index (χ3n) is 5.61. The zero-order valence-electron chi connectivity index (χ0n) is 22.8. The van der Waals surface area contributed by atoms with Crippen molar-refractivity contribution in [3.8, 4) is 0 Å². The van der Waals surface area contributed by atoms with Crippen LogP contribution in [0.4, 0.5) is 0 Å². The number of aryl methyl sites for hydroxylation is 1. The van der Waals surface area contributed by atoms with Crippen molar-refractivity contribution in [2.24, 2.45) is 22.2 Å². The van der Waals surface area contributed by atoms with Crippen LogP contribution in [0.2, 0.25) is 0 Å². The van der Waals surface area contributed by atoms with Crippen molar-refractivity contribution in [1.29, 1.82) is 0 Å². The maximum Gasteiger partial charge on any atom is 0.247 e. The van der Waals surface area contributed by atoms with Gasteiger partial charge in [0.25, 0.3) is 0 Å². The molecule has 8 N–H and O–H groups in total. The van der Waals surface area contributed by atoms with Crippen molar-refractivity contribution < 1.29 is 9.59 Å². The van der Waals surface area contributed by atoms with Gasteiger partial charge in [-0.3, -0.25) is 24.5 Å². The van der Waals surface area contributed by atoms with Gasteiger partial charge in [-0.25, -0.2) is 0 Å². The molecule has 1 heterocycles. The average molecular weight is 652 g/mol. The fourth-order valence-corrected chi connectivity index (χ4v) is 4.38. The molecule has 0 aliphatic heterocycles. The summed E-state index contributed by atoms with van der Waals surface area (Å²) in [6, 6.07) is 11.6. The fourth-order valence-electron chi connectivity index (χ4n) is 3.62. The standard InChI is InChI=1S/C28H33Cl3N8O2S/c1-3-9-21(23-18(2)10-7-16-35-23)37-27(42)39(24(41)20(32)13-8-17-36-26(33)34)25(28(29,30)31)38-22(40)15-14-19-11-5-4-6-12-19/h3-7,9-12,14-16,20,25H,1,8,13,17,32H2,2H3,(H,37,42)(H,38,40)(H4,33,34,36)/b15-14+,21-9+/t20-,25?/m0/s1. The maximum absolute atomic E-state index is 13.8. The molecule has 2 rings (SSSR count). The van der Waals surface area contributed by atoms with Crippen molar-refractivity contribution in [2.75, 3.05) is 6.54 Å². The molecular weight excluding hydrogens is 619 g/mol. The van der Waals surface area contributed by atoms with Gasteiger partial charge in [-0.1, -0.05) is 83.9 Å². The van der Waals surface area contributed by atoms with Crippen LogP contribution < -0.4 is 27.8 Å². The van der Waals surface area contributed by atoms with Crippen molar-refractivity contribution in [2.45, 2.75) is 35.8 Å². The minimum atomic E-state index is -2.24. The van der Waals surface area contributed by atoms with Gasteiger partial charge in [-0.05, 0) is 61.3 Å². The number of nitrogens with zero attached hydrogens (tertiary/aromatic N) is 3. The lowest BCUT2D eigenvalue weighted by atomic mass is 10.1. The molecule has 0 saturated carbocycles. The van der Waals surface area contributed by atoms with E-state index in [2.05, 4.69) is 27.2 Å². The Morgan fingerprint density at radius 3 is 2.48 bits per heavy atom. The molecule has 224 valence electrons. The first-order valence-corrected chi connectivity index (χ1v) is 14.2. The van der Waals surface area contributed by atoms with Crippen LogP contribution in [-0.4, -0.2) is 55.3 Å². The average Bonchev–Trinajstić information content (AvgIpc) is 2.93. The predicted molar refractivity (Wildman–Crippen MR) is 175 cm³/mol. The second-order valence-electron chi connectivity index (χ2n) is 8.88. The van der Waals surface area contributed by atoms with Crippen LogP contribution in [0.1, 0.15) is 29.7 Å². The van der Waals surface area contributed by atoms with Gasteiger partial charge < -0.3 is 27.8 Å². The molecule has 2 atom stereocenters.